The summed E-state index contributed by atoms with van der Waals surface area (Å²) >= 11 is 12.1. The van der Waals surface area contributed by atoms with Crippen molar-refractivity contribution in [3.8, 4) is 0 Å². The first kappa shape index (κ1) is 22.0. The highest BCUT2D eigenvalue weighted by atomic mass is 35.5. The van der Waals surface area contributed by atoms with Crippen molar-refractivity contribution < 1.29 is 9.59 Å². The number of rotatable bonds is 4. The highest BCUT2D eigenvalue weighted by Crippen LogP contribution is 2.29. The second-order valence-corrected chi connectivity index (χ2v) is 9.40. The number of carbonyl (C=O) groups is 2. The Labute approximate surface area is 202 Å². The summed E-state index contributed by atoms with van der Waals surface area (Å²) in [6, 6.07) is 17.5. The van der Waals surface area contributed by atoms with Crippen molar-refractivity contribution in [1.82, 2.24) is 19.6 Å². The Hall–Kier alpha value is -2.83. The molecule has 33 heavy (non-hydrogen) atoms. The van der Waals surface area contributed by atoms with Gasteiger partial charge in [0.15, 0.2) is 5.69 Å². The number of halogens is 2. The van der Waals surface area contributed by atoms with E-state index in [1.807, 2.05) is 17.0 Å². The molecule has 1 aromatic heterocycles. The van der Waals surface area contributed by atoms with E-state index in [0.29, 0.717) is 60.1 Å². The highest BCUT2D eigenvalue weighted by Gasteiger charge is 2.31. The van der Waals surface area contributed by atoms with Crippen LogP contribution in [0, 0.1) is 0 Å². The van der Waals surface area contributed by atoms with Crippen molar-refractivity contribution in [2.24, 2.45) is 0 Å². The van der Waals surface area contributed by atoms with Crippen LogP contribution in [-0.2, 0) is 13.1 Å². The van der Waals surface area contributed by atoms with Gasteiger partial charge in [0, 0.05) is 32.2 Å². The Morgan fingerprint density at radius 2 is 1.70 bits per heavy atom. The summed E-state index contributed by atoms with van der Waals surface area (Å²) in [5.74, 6) is 0.232. The van der Waals surface area contributed by atoms with Gasteiger partial charge in [-0.3, -0.25) is 14.3 Å². The van der Waals surface area contributed by atoms with Crippen molar-refractivity contribution >= 4 is 35.0 Å². The molecular formula is C25H24Cl2N4O2. The predicted octanol–water partition coefficient (Wildman–Crippen LogP) is 4.87. The van der Waals surface area contributed by atoms with Gasteiger partial charge in [0.2, 0.25) is 0 Å². The highest BCUT2D eigenvalue weighted by molar-refractivity contribution is 6.42. The fourth-order valence-corrected chi connectivity index (χ4v) is 4.98. The molecule has 8 heteroatoms. The minimum absolute atomic E-state index is 0.104. The summed E-state index contributed by atoms with van der Waals surface area (Å²) < 4.78 is 1.65. The summed E-state index contributed by atoms with van der Waals surface area (Å²) in [6.07, 6.45) is 1.86. The van der Waals surface area contributed by atoms with Gasteiger partial charge in [-0.15, -0.1) is 0 Å². The van der Waals surface area contributed by atoms with Gasteiger partial charge < -0.3 is 9.80 Å². The standard InChI is InChI=1S/C25H24Cl2N4O2/c26-20-7-6-17(14-21(20)27)16-30-12-13-31-23(25(30)33)15-22(28-31)24(32)29-10-8-19(9-11-29)18-4-2-1-3-5-18/h1-7,14-15,19H,8-13,16H2. The van der Waals surface area contributed by atoms with Crippen LogP contribution in [0.1, 0.15) is 50.9 Å². The maximum absolute atomic E-state index is 13.1. The molecule has 0 atom stereocenters. The number of carbonyl (C=O) groups excluding carboxylic acids is 2. The van der Waals surface area contributed by atoms with Gasteiger partial charge in [-0.1, -0.05) is 59.6 Å². The molecule has 5 rings (SSSR count). The third-order valence-corrected chi connectivity index (χ3v) is 7.24. The summed E-state index contributed by atoms with van der Waals surface area (Å²) in [5.41, 5.74) is 3.02. The molecule has 3 heterocycles. The molecule has 0 radical (unpaired) electrons. The van der Waals surface area contributed by atoms with Crippen molar-refractivity contribution in [1.29, 1.82) is 0 Å². The van der Waals surface area contributed by atoms with Crippen LogP contribution in [0.15, 0.2) is 54.6 Å². The summed E-state index contributed by atoms with van der Waals surface area (Å²) in [6.45, 7) is 2.88. The number of fused-ring (bicyclic) bond motifs is 1. The van der Waals surface area contributed by atoms with Crippen LogP contribution in [0.5, 0.6) is 0 Å². The molecule has 0 N–H and O–H groups in total. The lowest BCUT2D eigenvalue weighted by Gasteiger charge is -2.31. The molecule has 0 aliphatic carbocycles. The number of amides is 2. The van der Waals surface area contributed by atoms with Gasteiger partial charge >= 0.3 is 0 Å². The molecule has 1 saturated heterocycles. The average molecular weight is 483 g/mol. The van der Waals surface area contributed by atoms with Crippen LogP contribution in [0.25, 0.3) is 0 Å². The third-order valence-electron chi connectivity index (χ3n) is 6.50. The molecule has 0 bridgehead atoms. The van der Waals surface area contributed by atoms with Gasteiger partial charge in [-0.25, -0.2) is 0 Å². The number of likely N-dealkylation sites (tertiary alicyclic amines) is 1. The first-order valence-corrected chi connectivity index (χ1v) is 11.9. The third kappa shape index (κ3) is 4.50. The van der Waals surface area contributed by atoms with E-state index in [0.717, 1.165) is 18.4 Å². The lowest BCUT2D eigenvalue weighted by atomic mass is 9.89. The number of benzene rings is 2. The quantitative estimate of drug-likeness (QED) is 0.533. The van der Waals surface area contributed by atoms with E-state index in [-0.39, 0.29) is 11.8 Å². The van der Waals surface area contributed by atoms with Crippen molar-refractivity contribution in [2.45, 2.75) is 31.8 Å². The van der Waals surface area contributed by atoms with Crippen LogP contribution >= 0.6 is 23.2 Å². The van der Waals surface area contributed by atoms with Crippen LogP contribution in [0.4, 0.5) is 0 Å². The number of nitrogens with zero attached hydrogens (tertiary/aromatic N) is 4. The van der Waals surface area contributed by atoms with E-state index in [2.05, 4.69) is 29.4 Å². The monoisotopic (exact) mass is 482 g/mol. The molecule has 3 aromatic rings. The van der Waals surface area contributed by atoms with E-state index >= 15 is 0 Å². The normalized spacial score (nSPS) is 16.7. The number of hydrogen-bond acceptors (Lipinski definition) is 3. The number of aromatic nitrogens is 2. The minimum Gasteiger partial charge on any atom is -0.337 e. The van der Waals surface area contributed by atoms with Crippen LogP contribution in [0.3, 0.4) is 0 Å². The van der Waals surface area contributed by atoms with Crippen molar-refractivity contribution in [3.63, 3.8) is 0 Å². The van der Waals surface area contributed by atoms with Crippen LogP contribution < -0.4 is 0 Å². The Balaban J connectivity index is 1.25. The molecule has 1 fully saturated rings. The fourth-order valence-electron chi connectivity index (χ4n) is 4.66. The largest absolute Gasteiger partial charge is 0.337 e. The second kappa shape index (κ2) is 9.20. The minimum atomic E-state index is -0.137. The van der Waals surface area contributed by atoms with Gasteiger partial charge in [0.05, 0.1) is 16.6 Å². The molecule has 0 unspecified atom stereocenters. The topological polar surface area (TPSA) is 58.4 Å². The number of piperidine rings is 1. The molecule has 170 valence electrons. The molecular weight excluding hydrogens is 459 g/mol. The molecule has 0 spiro atoms. The van der Waals surface area contributed by atoms with Gasteiger partial charge in [-0.05, 0) is 42.0 Å². The van der Waals surface area contributed by atoms with E-state index in [9.17, 15) is 9.59 Å². The Bertz CT molecular complexity index is 1190. The zero-order chi connectivity index (χ0) is 22.9. The smallest absolute Gasteiger partial charge is 0.274 e. The average Bonchev–Trinajstić information content (AvgIpc) is 3.29. The molecule has 0 saturated carbocycles. The molecule has 2 aromatic carbocycles. The van der Waals surface area contributed by atoms with Gasteiger partial charge in [0.1, 0.15) is 5.69 Å². The fraction of sp³-hybridized carbons (Fsp3) is 0.320. The Morgan fingerprint density at radius 1 is 0.939 bits per heavy atom. The lowest BCUT2D eigenvalue weighted by molar-refractivity contribution is 0.0677. The molecule has 6 nitrogen and oxygen atoms in total. The zero-order valence-corrected chi connectivity index (χ0v) is 19.6. The van der Waals surface area contributed by atoms with Crippen LogP contribution in [0.2, 0.25) is 10.0 Å². The number of hydrogen-bond donors (Lipinski definition) is 0. The Kier molecular flexibility index (Phi) is 6.13. The zero-order valence-electron chi connectivity index (χ0n) is 18.1. The maximum atomic E-state index is 13.1. The lowest BCUT2D eigenvalue weighted by Crippen LogP contribution is -2.39. The van der Waals surface area contributed by atoms with Crippen molar-refractivity contribution in [2.75, 3.05) is 19.6 Å². The summed E-state index contributed by atoms with van der Waals surface area (Å²) in [5, 5.41) is 5.41. The second-order valence-electron chi connectivity index (χ2n) is 8.59. The first-order valence-electron chi connectivity index (χ1n) is 11.1. The van der Waals surface area contributed by atoms with Crippen molar-refractivity contribution in [3.05, 3.63) is 87.2 Å². The molecule has 2 aliphatic heterocycles. The van der Waals surface area contributed by atoms with E-state index in [1.54, 1.807) is 27.8 Å². The summed E-state index contributed by atoms with van der Waals surface area (Å²) in [7, 11) is 0. The molecule has 2 aliphatic rings. The first-order chi connectivity index (χ1) is 16.0. The maximum Gasteiger partial charge on any atom is 0.274 e. The van der Waals surface area contributed by atoms with E-state index in [4.69, 9.17) is 23.2 Å². The summed E-state index contributed by atoms with van der Waals surface area (Å²) in [4.78, 5) is 29.8. The van der Waals surface area contributed by atoms with Gasteiger partial charge in [-0.2, -0.15) is 5.10 Å². The SMILES string of the molecule is O=C(c1cc2n(n1)CCN(Cc1ccc(Cl)c(Cl)c1)C2=O)N1CCC(c2ccccc2)CC1. The van der Waals surface area contributed by atoms with E-state index in [1.165, 1.54) is 5.56 Å². The molecule has 2 amide bonds. The van der Waals surface area contributed by atoms with Gasteiger partial charge in [0.25, 0.3) is 11.8 Å². The van der Waals surface area contributed by atoms with E-state index < -0.39 is 0 Å². The predicted molar refractivity (Wildman–Crippen MR) is 128 cm³/mol. The van der Waals surface area contributed by atoms with Crippen LogP contribution in [-0.4, -0.2) is 51.0 Å². The Morgan fingerprint density at radius 3 is 2.42 bits per heavy atom.